The van der Waals surface area contributed by atoms with Gasteiger partial charge in [0.05, 0.1) is 6.04 Å². The van der Waals surface area contributed by atoms with E-state index in [4.69, 9.17) is 0 Å². The maximum absolute atomic E-state index is 12.6. The Bertz CT molecular complexity index is 463. The highest BCUT2D eigenvalue weighted by atomic mass is 32.1. The molecule has 2 aliphatic rings. The number of hydrogen-bond acceptors (Lipinski definition) is 3. The van der Waals surface area contributed by atoms with E-state index in [1.165, 1.54) is 11.3 Å². The molecule has 2 fully saturated rings. The number of nitrogens with one attached hydrogen (secondary N) is 1. The molecule has 1 aromatic heterocycles. The molecule has 1 saturated heterocycles. The highest BCUT2D eigenvalue weighted by Crippen LogP contribution is 2.38. The second-order valence-electron chi connectivity index (χ2n) is 6.62. The normalized spacial score (nSPS) is 38.5. The number of carbonyl (C=O) groups is 1. The quantitative estimate of drug-likeness (QED) is 0.906. The maximum atomic E-state index is 12.6. The van der Waals surface area contributed by atoms with Gasteiger partial charge in [-0.05, 0) is 49.5 Å². The SMILES string of the molecule is CC1CC(C)CC(N2C(=O)C(C)NC2c2cccs2)C1. The van der Waals surface area contributed by atoms with E-state index in [-0.39, 0.29) is 18.1 Å². The first-order chi connectivity index (χ1) is 9.56. The number of amides is 1. The van der Waals surface area contributed by atoms with Gasteiger partial charge in [0.25, 0.3) is 0 Å². The highest BCUT2D eigenvalue weighted by molar-refractivity contribution is 7.10. The first-order valence-electron chi connectivity index (χ1n) is 7.68. The Morgan fingerprint density at radius 3 is 2.50 bits per heavy atom. The lowest BCUT2D eigenvalue weighted by Crippen LogP contribution is -2.43. The fourth-order valence-electron chi connectivity index (χ4n) is 3.93. The van der Waals surface area contributed by atoms with E-state index in [9.17, 15) is 4.79 Å². The van der Waals surface area contributed by atoms with Gasteiger partial charge >= 0.3 is 0 Å². The first kappa shape index (κ1) is 14.1. The zero-order chi connectivity index (χ0) is 14.3. The summed E-state index contributed by atoms with van der Waals surface area (Å²) in [6.07, 6.45) is 3.67. The molecule has 0 bridgehead atoms. The van der Waals surface area contributed by atoms with E-state index in [0.29, 0.717) is 6.04 Å². The summed E-state index contributed by atoms with van der Waals surface area (Å²) in [6, 6.07) is 4.54. The Balaban J connectivity index is 1.86. The molecule has 1 aromatic rings. The van der Waals surface area contributed by atoms with Crippen molar-refractivity contribution >= 4 is 17.2 Å². The van der Waals surface area contributed by atoms with Crippen molar-refractivity contribution in [2.24, 2.45) is 11.8 Å². The van der Waals surface area contributed by atoms with Gasteiger partial charge in [0.1, 0.15) is 6.17 Å². The Kier molecular flexibility index (Phi) is 3.87. The third-order valence-electron chi connectivity index (χ3n) is 4.67. The van der Waals surface area contributed by atoms with Crippen LogP contribution in [0.25, 0.3) is 0 Å². The molecule has 1 amide bonds. The number of rotatable bonds is 2. The summed E-state index contributed by atoms with van der Waals surface area (Å²) in [6.45, 7) is 6.62. The second kappa shape index (κ2) is 5.49. The van der Waals surface area contributed by atoms with Crippen LogP contribution in [0.5, 0.6) is 0 Å². The molecule has 1 aliphatic carbocycles. The number of carbonyl (C=O) groups excluding carboxylic acids is 1. The average Bonchev–Trinajstić information content (AvgIpc) is 2.97. The summed E-state index contributed by atoms with van der Waals surface area (Å²) in [5.41, 5.74) is 0. The lowest BCUT2D eigenvalue weighted by atomic mass is 9.79. The monoisotopic (exact) mass is 292 g/mol. The fraction of sp³-hybridized carbons (Fsp3) is 0.688. The van der Waals surface area contributed by atoms with Crippen molar-refractivity contribution in [2.75, 3.05) is 0 Å². The Morgan fingerprint density at radius 1 is 1.20 bits per heavy atom. The van der Waals surface area contributed by atoms with Crippen LogP contribution in [0.1, 0.15) is 51.1 Å². The molecule has 0 aromatic carbocycles. The third kappa shape index (κ3) is 2.51. The van der Waals surface area contributed by atoms with Gasteiger partial charge in [0.2, 0.25) is 5.91 Å². The van der Waals surface area contributed by atoms with Crippen LogP contribution >= 0.6 is 11.3 Å². The molecule has 110 valence electrons. The molecule has 4 unspecified atom stereocenters. The summed E-state index contributed by atoms with van der Waals surface area (Å²) >= 11 is 1.74. The van der Waals surface area contributed by atoms with Crippen LogP contribution < -0.4 is 5.32 Å². The smallest absolute Gasteiger partial charge is 0.241 e. The number of hydrogen-bond donors (Lipinski definition) is 1. The topological polar surface area (TPSA) is 32.3 Å². The fourth-order valence-corrected chi connectivity index (χ4v) is 4.71. The zero-order valence-corrected chi connectivity index (χ0v) is 13.3. The van der Waals surface area contributed by atoms with E-state index in [0.717, 1.165) is 24.7 Å². The van der Waals surface area contributed by atoms with Gasteiger partial charge in [-0.2, -0.15) is 0 Å². The van der Waals surface area contributed by atoms with Crippen molar-refractivity contribution in [3.05, 3.63) is 22.4 Å². The number of nitrogens with zero attached hydrogens (tertiary/aromatic N) is 1. The van der Waals surface area contributed by atoms with Gasteiger partial charge in [-0.3, -0.25) is 10.1 Å². The van der Waals surface area contributed by atoms with Crippen molar-refractivity contribution in [2.45, 2.75) is 58.3 Å². The summed E-state index contributed by atoms with van der Waals surface area (Å²) in [7, 11) is 0. The van der Waals surface area contributed by atoms with Crippen molar-refractivity contribution in [1.29, 1.82) is 0 Å². The highest BCUT2D eigenvalue weighted by Gasteiger charge is 2.43. The predicted octanol–water partition coefficient (Wildman–Crippen LogP) is 3.39. The minimum atomic E-state index is -0.0605. The van der Waals surface area contributed by atoms with E-state index >= 15 is 0 Å². The van der Waals surface area contributed by atoms with Crippen LogP contribution in [0.2, 0.25) is 0 Å². The predicted molar refractivity (Wildman–Crippen MR) is 82.5 cm³/mol. The van der Waals surface area contributed by atoms with Crippen molar-refractivity contribution < 1.29 is 4.79 Å². The van der Waals surface area contributed by atoms with Gasteiger partial charge < -0.3 is 4.90 Å². The van der Waals surface area contributed by atoms with E-state index in [2.05, 4.69) is 41.6 Å². The zero-order valence-electron chi connectivity index (χ0n) is 12.5. The van der Waals surface area contributed by atoms with E-state index in [1.807, 2.05) is 6.92 Å². The van der Waals surface area contributed by atoms with E-state index in [1.54, 1.807) is 11.3 Å². The van der Waals surface area contributed by atoms with Crippen LogP contribution in [0.4, 0.5) is 0 Å². The van der Waals surface area contributed by atoms with Crippen LogP contribution in [-0.2, 0) is 4.79 Å². The largest absolute Gasteiger partial charge is 0.318 e. The molecule has 4 heteroatoms. The van der Waals surface area contributed by atoms with Crippen molar-refractivity contribution in [1.82, 2.24) is 10.2 Å². The molecule has 20 heavy (non-hydrogen) atoms. The summed E-state index contributed by atoms with van der Waals surface area (Å²) < 4.78 is 0. The van der Waals surface area contributed by atoms with Crippen LogP contribution in [0, 0.1) is 11.8 Å². The third-order valence-corrected chi connectivity index (χ3v) is 5.60. The van der Waals surface area contributed by atoms with Gasteiger partial charge in [0, 0.05) is 10.9 Å². The molecule has 1 N–H and O–H groups in total. The van der Waals surface area contributed by atoms with Gasteiger partial charge in [-0.15, -0.1) is 11.3 Å². The first-order valence-corrected chi connectivity index (χ1v) is 8.56. The maximum Gasteiger partial charge on any atom is 0.241 e. The number of thiophene rings is 1. The summed E-state index contributed by atoms with van der Waals surface area (Å²) in [5.74, 6) is 1.71. The summed E-state index contributed by atoms with van der Waals surface area (Å²) in [4.78, 5) is 16.0. The minimum Gasteiger partial charge on any atom is -0.318 e. The Labute approximate surface area is 125 Å². The molecular weight excluding hydrogens is 268 g/mol. The van der Waals surface area contributed by atoms with Gasteiger partial charge in [0.15, 0.2) is 0 Å². The van der Waals surface area contributed by atoms with Gasteiger partial charge in [-0.1, -0.05) is 19.9 Å². The van der Waals surface area contributed by atoms with Crippen LogP contribution in [0.3, 0.4) is 0 Å². The molecule has 3 rings (SSSR count). The molecule has 0 spiro atoms. The van der Waals surface area contributed by atoms with Crippen molar-refractivity contribution in [3.8, 4) is 0 Å². The molecule has 0 radical (unpaired) electrons. The molecule has 4 atom stereocenters. The van der Waals surface area contributed by atoms with Gasteiger partial charge in [-0.25, -0.2) is 0 Å². The lowest BCUT2D eigenvalue weighted by molar-refractivity contribution is -0.133. The Hall–Kier alpha value is -0.870. The molecule has 1 saturated carbocycles. The molecular formula is C16H24N2OS. The van der Waals surface area contributed by atoms with Crippen LogP contribution in [0.15, 0.2) is 17.5 Å². The molecule has 1 aliphatic heterocycles. The summed E-state index contributed by atoms with van der Waals surface area (Å²) in [5, 5.41) is 5.56. The Morgan fingerprint density at radius 2 is 1.90 bits per heavy atom. The molecule has 2 heterocycles. The van der Waals surface area contributed by atoms with Crippen molar-refractivity contribution in [3.63, 3.8) is 0 Å². The standard InChI is InChI=1S/C16H24N2OS/c1-10-7-11(2)9-13(8-10)18-15(14-5-4-6-20-14)17-12(3)16(18)19/h4-6,10-13,15,17H,7-9H2,1-3H3. The lowest BCUT2D eigenvalue weighted by Gasteiger charge is -2.39. The van der Waals surface area contributed by atoms with Crippen LogP contribution in [-0.4, -0.2) is 22.9 Å². The second-order valence-corrected chi connectivity index (χ2v) is 7.60. The average molecular weight is 292 g/mol. The van der Waals surface area contributed by atoms with E-state index < -0.39 is 0 Å². The minimum absolute atomic E-state index is 0.0605. The molecule has 3 nitrogen and oxygen atoms in total.